The predicted molar refractivity (Wildman–Crippen MR) is 106 cm³/mol. The maximum absolute atomic E-state index is 13.4. The van der Waals surface area contributed by atoms with E-state index >= 15 is 0 Å². The minimum atomic E-state index is -2.90. The molecular formula is C20H22F2N6O2. The molecule has 1 unspecified atom stereocenters. The number of piperazine rings is 1. The lowest BCUT2D eigenvalue weighted by Gasteiger charge is -2.40. The molecule has 1 saturated heterocycles. The van der Waals surface area contributed by atoms with Crippen LogP contribution in [0.5, 0.6) is 0 Å². The first-order valence-corrected chi connectivity index (χ1v) is 9.96. The lowest BCUT2D eigenvalue weighted by Crippen LogP contribution is -2.55. The molecule has 2 fully saturated rings. The monoisotopic (exact) mass is 416 g/mol. The Morgan fingerprint density at radius 1 is 1.27 bits per heavy atom. The van der Waals surface area contributed by atoms with Crippen LogP contribution in [-0.4, -0.2) is 68.6 Å². The third-order valence-corrected chi connectivity index (χ3v) is 5.79. The highest BCUT2D eigenvalue weighted by molar-refractivity contribution is 5.84. The molecule has 2 aliphatic rings. The van der Waals surface area contributed by atoms with Gasteiger partial charge in [0.2, 0.25) is 0 Å². The number of amides is 1. The number of hydrogen-bond acceptors (Lipinski definition) is 5. The normalized spacial score (nSPS) is 21.0. The summed E-state index contributed by atoms with van der Waals surface area (Å²) in [7, 11) is 1.87. The maximum Gasteiger partial charge on any atom is 0.410 e. The van der Waals surface area contributed by atoms with Crippen LogP contribution in [0.2, 0.25) is 0 Å². The topological polar surface area (TPSA) is 68.4 Å². The van der Waals surface area contributed by atoms with Crippen LogP contribution in [0.3, 0.4) is 0 Å². The Balaban J connectivity index is 1.35. The number of fused-ring (bicyclic) bond motifs is 1. The number of pyridine rings is 1. The summed E-state index contributed by atoms with van der Waals surface area (Å²) in [5.41, 5.74) is 2.74. The van der Waals surface area contributed by atoms with Gasteiger partial charge < -0.3 is 14.6 Å². The summed E-state index contributed by atoms with van der Waals surface area (Å²) in [5, 5.41) is 7.39. The van der Waals surface area contributed by atoms with Gasteiger partial charge in [0.1, 0.15) is 0 Å². The fourth-order valence-corrected chi connectivity index (χ4v) is 3.97. The van der Waals surface area contributed by atoms with Crippen molar-refractivity contribution in [2.75, 3.05) is 31.2 Å². The Morgan fingerprint density at radius 3 is 2.70 bits per heavy atom. The van der Waals surface area contributed by atoms with E-state index in [1.807, 2.05) is 25.4 Å². The van der Waals surface area contributed by atoms with Crippen molar-refractivity contribution >= 4 is 17.1 Å². The van der Waals surface area contributed by atoms with E-state index in [9.17, 15) is 13.6 Å². The van der Waals surface area contributed by atoms with Gasteiger partial charge in [0.05, 0.1) is 25.0 Å². The first-order valence-electron chi connectivity index (χ1n) is 9.96. The second-order valence-electron chi connectivity index (χ2n) is 7.77. The fraction of sp³-hybridized carbons (Fsp3) is 0.450. The van der Waals surface area contributed by atoms with Crippen molar-refractivity contribution in [2.24, 2.45) is 7.05 Å². The fourth-order valence-electron chi connectivity index (χ4n) is 3.97. The predicted octanol–water partition coefficient (Wildman–Crippen LogP) is 2.62. The van der Waals surface area contributed by atoms with Crippen LogP contribution in [0.1, 0.15) is 12.8 Å². The molecule has 10 heteroatoms. The van der Waals surface area contributed by atoms with E-state index in [0.717, 1.165) is 22.3 Å². The first kappa shape index (κ1) is 18.8. The molecule has 0 N–H and O–H groups in total. The van der Waals surface area contributed by atoms with Crippen molar-refractivity contribution in [2.45, 2.75) is 24.9 Å². The quantitative estimate of drug-likeness (QED) is 0.657. The van der Waals surface area contributed by atoms with Gasteiger partial charge in [-0.25, -0.2) is 23.2 Å². The third-order valence-electron chi connectivity index (χ3n) is 5.79. The molecule has 1 amide bonds. The molecule has 1 saturated carbocycles. The van der Waals surface area contributed by atoms with E-state index in [1.165, 1.54) is 4.90 Å². The Hall–Kier alpha value is -3.17. The second-order valence-corrected chi connectivity index (χ2v) is 7.77. The largest absolute Gasteiger partial charge is 0.440 e. The number of alkyl halides is 2. The van der Waals surface area contributed by atoms with Crippen LogP contribution in [0.4, 0.5) is 13.6 Å². The number of nitrogens with zero attached hydrogens (tertiary/aromatic N) is 6. The summed E-state index contributed by atoms with van der Waals surface area (Å²) >= 11 is 0. The number of aromatic nitrogens is 4. The Morgan fingerprint density at radius 2 is 2.07 bits per heavy atom. The van der Waals surface area contributed by atoms with Crippen LogP contribution in [-0.2, 0) is 11.8 Å². The number of ether oxygens (including phenoxy) is 1. The molecule has 0 radical (unpaired) electrons. The molecule has 1 aliphatic carbocycles. The number of carbonyl (C=O) groups excluding carboxylic acids is 1. The van der Waals surface area contributed by atoms with Crippen LogP contribution in [0.15, 0.2) is 36.8 Å². The molecule has 5 rings (SSSR count). The van der Waals surface area contributed by atoms with E-state index in [2.05, 4.69) is 25.8 Å². The van der Waals surface area contributed by atoms with Crippen molar-refractivity contribution in [1.82, 2.24) is 24.3 Å². The van der Waals surface area contributed by atoms with Gasteiger partial charge in [-0.05, 0) is 24.6 Å². The zero-order valence-electron chi connectivity index (χ0n) is 16.5. The van der Waals surface area contributed by atoms with E-state index in [1.54, 1.807) is 17.1 Å². The van der Waals surface area contributed by atoms with Crippen molar-refractivity contribution in [3.05, 3.63) is 36.8 Å². The molecule has 1 atom stereocenters. The highest BCUT2D eigenvalue weighted by Crippen LogP contribution is 2.40. The maximum atomic E-state index is 13.4. The van der Waals surface area contributed by atoms with Gasteiger partial charge >= 0.3 is 6.09 Å². The summed E-state index contributed by atoms with van der Waals surface area (Å²) in [4.78, 5) is 18.3. The molecule has 3 aromatic rings. The molecule has 30 heavy (non-hydrogen) atoms. The van der Waals surface area contributed by atoms with Crippen LogP contribution < -0.4 is 5.01 Å². The molecule has 3 aromatic heterocycles. The molecule has 0 spiro atoms. The SMILES string of the molecule is Cn1cc(-c2cc3cccnc3n2N2CCN(C(=O)OC3CCC3(F)F)CC2)cn1. The Labute approximate surface area is 171 Å². The van der Waals surface area contributed by atoms with Crippen LogP contribution in [0, 0.1) is 0 Å². The van der Waals surface area contributed by atoms with Gasteiger partial charge in [-0.3, -0.25) is 4.68 Å². The summed E-state index contributed by atoms with van der Waals surface area (Å²) in [6.07, 6.45) is 3.53. The van der Waals surface area contributed by atoms with E-state index in [4.69, 9.17) is 4.74 Å². The van der Waals surface area contributed by atoms with E-state index in [-0.39, 0.29) is 12.8 Å². The van der Waals surface area contributed by atoms with Crippen molar-refractivity contribution in [1.29, 1.82) is 0 Å². The third kappa shape index (κ3) is 3.16. The smallest absolute Gasteiger partial charge is 0.410 e. The van der Waals surface area contributed by atoms with Crippen molar-refractivity contribution < 1.29 is 18.3 Å². The Kier molecular flexibility index (Phi) is 4.37. The molecule has 8 nitrogen and oxygen atoms in total. The van der Waals surface area contributed by atoms with E-state index in [0.29, 0.717) is 26.2 Å². The number of halogens is 2. The van der Waals surface area contributed by atoms with Gasteiger partial charge in [0, 0.05) is 49.9 Å². The highest BCUT2D eigenvalue weighted by atomic mass is 19.3. The molecular weight excluding hydrogens is 394 g/mol. The molecule has 0 bridgehead atoms. The zero-order chi connectivity index (χ0) is 20.9. The summed E-state index contributed by atoms with van der Waals surface area (Å²) in [6.45, 7) is 1.83. The van der Waals surface area contributed by atoms with Crippen molar-refractivity contribution in [3.8, 4) is 11.3 Å². The number of aryl methyl sites for hydroxylation is 1. The molecule has 4 heterocycles. The van der Waals surface area contributed by atoms with Crippen molar-refractivity contribution in [3.63, 3.8) is 0 Å². The molecule has 158 valence electrons. The molecule has 0 aromatic carbocycles. The number of carbonyl (C=O) groups is 1. The van der Waals surface area contributed by atoms with Gasteiger partial charge in [-0.15, -0.1) is 0 Å². The summed E-state index contributed by atoms with van der Waals surface area (Å²) < 4.78 is 35.6. The van der Waals surface area contributed by atoms with Gasteiger partial charge in [-0.2, -0.15) is 5.10 Å². The van der Waals surface area contributed by atoms with E-state index < -0.39 is 18.1 Å². The van der Waals surface area contributed by atoms with Crippen LogP contribution >= 0.6 is 0 Å². The van der Waals surface area contributed by atoms with Crippen LogP contribution in [0.25, 0.3) is 22.3 Å². The minimum absolute atomic E-state index is 0.216. The zero-order valence-corrected chi connectivity index (χ0v) is 16.5. The highest BCUT2D eigenvalue weighted by Gasteiger charge is 2.51. The van der Waals surface area contributed by atoms with Gasteiger partial charge in [0.15, 0.2) is 11.8 Å². The number of hydrogen-bond donors (Lipinski definition) is 0. The second kappa shape index (κ2) is 6.96. The number of rotatable bonds is 3. The summed E-state index contributed by atoms with van der Waals surface area (Å²) in [6, 6.07) is 5.97. The lowest BCUT2D eigenvalue weighted by atomic mass is 9.91. The van der Waals surface area contributed by atoms with Gasteiger partial charge in [-0.1, -0.05) is 0 Å². The molecule has 1 aliphatic heterocycles. The lowest BCUT2D eigenvalue weighted by molar-refractivity contribution is -0.179. The first-order chi connectivity index (χ1) is 14.4. The van der Waals surface area contributed by atoms with Gasteiger partial charge in [0.25, 0.3) is 5.92 Å². The average molecular weight is 416 g/mol. The Bertz CT molecular complexity index is 1090. The standard InChI is InChI=1S/C20H22F2N6O2/c1-25-13-15(12-24-25)16-11-14-3-2-6-23-18(14)28(16)27-9-7-26(8-10-27)19(29)30-17-4-5-20(17,21)22/h2-3,6,11-13,17H,4-5,7-10H2,1H3. The summed E-state index contributed by atoms with van der Waals surface area (Å²) in [5.74, 6) is -2.90. The average Bonchev–Trinajstić information content (AvgIpc) is 3.34. The minimum Gasteiger partial charge on any atom is -0.440 e.